The van der Waals surface area contributed by atoms with Crippen molar-refractivity contribution in [2.24, 2.45) is 0 Å². The summed E-state index contributed by atoms with van der Waals surface area (Å²) in [5.41, 5.74) is 2.26. The SMILES string of the molecule is CCOc1ccc(-n2nc(C(=O)O)cc2-c2ccc(OC)cc2)cc1. The van der Waals surface area contributed by atoms with Crippen LogP contribution in [0.5, 0.6) is 11.5 Å². The van der Waals surface area contributed by atoms with Crippen LogP contribution in [0.2, 0.25) is 0 Å². The molecule has 25 heavy (non-hydrogen) atoms. The average molecular weight is 338 g/mol. The summed E-state index contributed by atoms with van der Waals surface area (Å²) in [5.74, 6) is 0.414. The summed E-state index contributed by atoms with van der Waals surface area (Å²) >= 11 is 0. The number of ether oxygens (including phenoxy) is 2. The highest BCUT2D eigenvalue weighted by Crippen LogP contribution is 2.27. The van der Waals surface area contributed by atoms with Crippen molar-refractivity contribution in [3.05, 3.63) is 60.3 Å². The predicted molar refractivity (Wildman–Crippen MR) is 93.7 cm³/mol. The third-order valence-corrected chi connectivity index (χ3v) is 3.71. The van der Waals surface area contributed by atoms with Gasteiger partial charge in [-0.25, -0.2) is 9.48 Å². The Hall–Kier alpha value is -3.28. The molecule has 0 aliphatic heterocycles. The van der Waals surface area contributed by atoms with Gasteiger partial charge in [-0.1, -0.05) is 0 Å². The molecule has 0 spiro atoms. The number of hydrogen-bond donors (Lipinski definition) is 1. The van der Waals surface area contributed by atoms with Crippen LogP contribution in [0.15, 0.2) is 54.6 Å². The lowest BCUT2D eigenvalue weighted by molar-refractivity contribution is 0.0690. The molecular weight excluding hydrogens is 320 g/mol. The number of nitrogens with zero attached hydrogens (tertiary/aromatic N) is 2. The Morgan fingerprint density at radius 2 is 1.72 bits per heavy atom. The minimum Gasteiger partial charge on any atom is -0.497 e. The topological polar surface area (TPSA) is 73.6 Å². The van der Waals surface area contributed by atoms with Crippen LogP contribution in [0.25, 0.3) is 16.9 Å². The fourth-order valence-corrected chi connectivity index (χ4v) is 2.50. The maximum atomic E-state index is 11.4. The van der Waals surface area contributed by atoms with Gasteiger partial charge in [-0.2, -0.15) is 5.10 Å². The van der Waals surface area contributed by atoms with Gasteiger partial charge in [0.25, 0.3) is 0 Å². The van der Waals surface area contributed by atoms with Gasteiger partial charge in [-0.3, -0.25) is 0 Å². The molecule has 0 fully saturated rings. The smallest absolute Gasteiger partial charge is 0.356 e. The quantitative estimate of drug-likeness (QED) is 0.743. The molecule has 1 heterocycles. The Morgan fingerprint density at radius 1 is 1.08 bits per heavy atom. The number of aromatic nitrogens is 2. The average Bonchev–Trinajstić information content (AvgIpc) is 3.08. The van der Waals surface area contributed by atoms with Crippen molar-refractivity contribution in [3.8, 4) is 28.4 Å². The largest absolute Gasteiger partial charge is 0.497 e. The second-order valence-electron chi connectivity index (χ2n) is 5.29. The predicted octanol–water partition coefficient (Wildman–Crippen LogP) is 3.64. The summed E-state index contributed by atoms with van der Waals surface area (Å²) in [4.78, 5) is 11.4. The first kappa shape index (κ1) is 16.6. The zero-order chi connectivity index (χ0) is 17.8. The van der Waals surface area contributed by atoms with Gasteiger partial charge in [0.1, 0.15) is 11.5 Å². The first-order valence-electron chi connectivity index (χ1n) is 7.83. The standard InChI is InChI=1S/C19H18N2O4/c1-3-25-16-10-6-14(7-11-16)21-18(12-17(20-21)19(22)23)13-4-8-15(24-2)9-5-13/h4-12H,3H2,1-2H3,(H,22,23). The molecule has 0 saturated heterocycles. The molecule has 6 nitrogen and oxygen atoms in total. The highest BCUT2D eigenvalue weighted by atomic mass is 16.5. The molecule has 0 amide bonds. The molecule has 0 bridgehead atoms. The van der Waals surface area contributed by atoms with E-state index in [2.05, 4.69) is 5.10 Å². The van der Waals surface area contributed by atoms with Gasteiger partial charge in [0, 0.05) is 5.56 Å². The van der Waals surface area contributed by atoms with Crippen LogP contribution in [0, 0.1) is 0 Å². The van der Waals surface area contributed by atoms with Crippen molar-refractivity contribution < 1.29 is 19.4 Å². The van der Waals surface area contributed by atoms with E-state index in [0.29, 0.717) is 12.3 Å². The molecule has 0 aliphatic rings. The minimum atomic E-state index is -1.07. The molecule has 3 aromatic rings. The van der Waals surface area contributed by atoms with Gasteiger partial charge < -0.3 is 14.6 Å². The first-order valence-corrected chi connectivity index (χ1v) is 7.83. The van der Waals surface area contributed by atoms with Crippen LogP contribution < -0.4 is 9.47 Å². The maximum absolute atomic E-state index is 11.4. The number of hydrogen-bond acceptors (Lipinski definition) is 4. The molecule has 6 heteroatoms. The van der Waals surface area contributed by atoms with Crippen LogP contribution in [0.3, 0.4) is 0 Å². The summed E-state index contributed by atoms with van der Waals surface area (Å²) in [5, 5.41) is 13.5. The van der Waals surface area contributed by atoms with Crippen molar-refractivity contribution in [3.63, 3.8) is 0 Å². The summed E-state index contributed by atoms with van der Waals surface area (Å²) in [7, 11) is 1.60. The van der Waals surface area contributed by atoms with Gasteiger partial charge in [-0.05, 0) is 61.5 Å². The van der Waals surface area contributed by atoms with Crippen LogP contribution in [-0.2, 0) is 0 Å². The molecule has 0 atom stereocenters. The van der Waals surface area contributed by atoms with Gasteiger partial charge >= 0.3 is 5.97 Å². The van der Waals surface area contributed by atoms with Gasteiger partial charge in [0.2, 0.25) is 0 Å². The fourth-order valence-electron chi connectivity index (χ4n) is 2.50. The second-order valence-corrected chi connectivity index (χ2v) is 5.29. The Bertz CT molecular complexity index is 867. The summed E-state index contributed by atoms with van der Waals surface area (Å²) < 4.78 is 12.2. The molecule has 0 aliphatic carbocycles. The van der Waals surface area contributed by atoms with E-state index in [1.54, 1.807) is 17.9 Å². The number of carboxylic acids is 1. The molecule has 0 radical (unpaired) electrons. The zero-order valence-electron chi connectivity index (χ0n) is 14.0. The number of rotatable bonds is 6. The van der Waals surface area contributed by atoms with E-state index in [4.69, 9.17) is 9.47 Å². The van der Waals surface area contributed by atoms with E-state index in [1.165, 1.54) is 0 Å². The summed E-state index contributed by atoms with van der Waals surface area (Å²) in [6.07, 6.45) is 0. The fraction of sp³-hybridized carbons (Fsp3) is 0.158. The highest BCUT2D eigenvalue weighted by Gasteiger charge is 2.16. The Balaban J connectivity index is 2.06. The van der Waals surface area contributed by atoms with Gasteiger partial charge in [0.05, 0.1) is 25.1 Å². The molecule has 0 saturated carbocycles. The molecular formula is C19H18N2O4. The monoisotopic (exact) mass is 338 g/mol. The molecule has 3 rings (SSSR count). The Morgan fingerprint density at radius 3 is 2.28 bits per heavy atom. The first-order chi connectivity index (χ1) is 12.1. The number of benzene rings is 2. The van der Waals surface area contributed by atoms with E-state index in [9.17, 15) is 9.90 Å². The lowest BCUT2D eigenvalue weighted by atomic mass is 10.1. The molecule has 0 unspecified atom stereocenters. The van der Waals surface area contributed by atoms with Crippen LogP contribution in [-0.4, -0.2) is 34.6 Å². The zero-order valence-corrected chi connectivity index (χ0v) is 14.0. The van der Waals surface area contributed by atoms with Gasteiger partial charge in [0.15, 0.2) is 5.69 Å². The van der Waals surface area contributed by atoms with Crippen LogP contribution in [0.1, 0.15) is 17.4 Å². The van der Waals surface area contributed by atoms with Crippen molar-refractivity contribution in [1.82, 2.24) is 9.78 Å². The molecule has 1 aromatic heterocycles. The molecule has 1 N–H and O–H groups in total. The van der Waals surface area contributed by atoms with E-state index in [1.807, 2.05) is 55.5 Å². The number of carbonyl (C=O) groups is 1. The summed E-state index contributed by atoms with van der Waals surface area (Å²) in [6.45, 7) is 2.50. The minimum absolute atomic E-state index is 0.0142. The molecule has 128 valence electrons. The second kappa shape index (κ2) is 7.09. The van der Waals surface area contributed by atoms with E-state index < -0.39 is 5.97 Å². The number of aromatic carboxylic acids is 1. The summed E-state index contributed by atoms with van der Waals surface area (Å²) in [6, 6.07) is 16.3. The lowest BCUT2D eigenvalue weighted by Crippen LogP contribution is -2.02. The molecule has 2 aromatic carbocycles. The van der Waals surface area contributed by atoms with Gasteiger partial charge in [-0.15, -0.1) is 0 Å². The number of carboxylic acid groups (broad SMARTS) is 1. The van der Waals surface area contributed by atoms with Crippen molar-refractivity contribution in [2.75, 3.05) is 13.7 Å². The Labute approximate surface area is 145 Å². The van der Waals surface area contributed by atoms with Crippen LogP contribution >= 0.6 is 0 Å². The van der Waals surface area contributed by atoms with E-state index >= 15 is 0 Å². The normalized spacial score (nSPS) is 10.5. The van der Waals surface area contributed by atoms with Crippen molar-refractivity contribution in [2.45, 2.75) is 6.92 Å². The maximum Gasteiger partial charge on any atom is 0.356 e. The van der Waals surface area contributed by atoms with Crippen molar-refractivity contribution >= 4 is 5.97 Å². The third kappa shape index (κ3) is 3.47. The van der Waals surface area contributed by atoms with Crippen molar-refractivity contribution in [1.29, 1.82) is 0 Å². The third-order valence-electron chi connectivity index (χ3n) is 3.71. The van der Waals surface area contributed by atoms with E-state index in [-0.39, 0.29) is 5.69 Å². The Kier molecular flexibility index (Phi) is 4.70. The lowest BCUT2D eigenvalue weighted by Gasteiger charge is -2.09. The van der Waals surface area contributed by atoms with Crippen LogP contribution in [0.4, 0.5) is 0 Å². The highest BCUT2D eigenvalue weighted by molar-refractivity contribution is 5.87. The number of methoxy groups -OCH3 is 1. The van der Waals surface area contributed by atoms with E-state index in [0.717, 1.165) is 22.7 Å².